The number of halogens is 1. The maximum Gasteiger partial charge on any atom is 0.271 e. The van der Waals surface area contributed by atoms with Crippen molar-refractivity contribution < 1.29 is 19.4 Å². The summed E-state index contributed by atoms with van der Waals surface area (Å²) in [6.07, 6.45) is 0.344. The van der Waals surface area contributed by atoms with E-state index in [1.807, 2.05) is 12.1 Å². The molecule has 7 nitrogen and oxygen atoms in total. The van der Waals surface area contributed by atoms with Crippen molar-refractivity contribution in [3.63, 3.8) is 0 Å². The van der Waals surface area contributed by atoms with Crippen LogP contribution < -0.4 is 15.0 Å². The van der Waals surface area contributed by atoms with Gasteiger partial charge in [-0.1, -0.05) is 17.7 Å². The molecular weight excluding hydrogens is 432 g/mol. The number of carbonyl (C=O) groups excluding carboxylic acids is 1. The third-order valence-electron chi connectivity index (χ3n) is 5.21. The van der Waals surface area contributed by atoms with E-state index in [4.69, 9.17) is 21.1 Å². The Morgan fingerprint density at radius 3 is 2.38 bits per heavy atom. The number of methoxy groups -OCH3 is 2. The zero-order chi connectivity index (χ0) is 23.4. The smallest absolute Gasteiger partial charge is 0.271 e. The third kappa shape index (κ3) is 4.32. The fraction of sp³-hybridized carbons (Fsp3) is 0.208. The van der Waals surface area contributed by atoms with Gasteiger partial charge in [-0.3, -0.25) is 14.2 Å². The molecule has 0 aliphatic rings. The average Bonchev–Trinajstić information content (AvgIpc) is 2.79. The summed E-state index contributed by atoms with van der Waals surface area (Å²) in [5.41, 5.74) is 0.302. The first-order chi connectivity index (χ1) is 15.3. The molecule has 0 unspecified atom stereocenters. The van der Waals surface area contributed by atoms with Crippen LogP contribution in [-0.4, -0.2) is 29.7 Å². The SMILES string of the molecule is COc1ccc(CCn2c(O)c(C(=O)c3ccc(Cl)cc3)c(C)c(C#N)c2=O)cc1OC. The van der Waals surface area contributed by atoms with Gasteiger partial charge in [-0.2, -0.15) is 5.26 Å². The number of pyridine rings is 1. The lowest BCUT2D eigenvalue weighted by atomic mass is 9.97. The predicted octanol–water partition coefficient (Wildman–Crippen LogP) is 3.88. The van der Waals surface area contributed by atoms with Crippen molar-refractivity contribution >= 4 is 17.4 Å². The molecule has 1 heterocycles. The van der Waals surface area contributed by atoms with Crippen LogP contribution >= 0.6 is 11.6 Å². The number of benzene rings is 2. The van der Waals surface area contributed by atoms with Crippen LogP contribution in [-0.2, 0) is 13.0 Å². The van der Waals surface area contributed by atoms with Gasteiger partial charge < -0.3 is 14.6 Å². The van der Waals surface area contributed by atoms with E-state index in [1.165, 1.54) is 33.3 Å². The molecule has 164 valence electrons. The van der Waals surface area contributed by atoms with E-state index in [0.29, 0.717) is 22.9 Å². The normalized spacial score (nSPS) is 10.5. The Balaban J connectivity index is 2.04. The zero-order valence-corrected chi connectivity index (χ0v) is 18.6. The second-order valence-corrected chi connectivity index (χ2v) is 7.48. The van der Waals surface area contributed by atoms with E-state index in [0.717, 1.165) is 10.1 Å². The summed E-state index contributed by atoms with van der Waals surface area (Å²) in [5.74, 6) is 0.107. The van der Waals surface area contributed by atoms with Crippen molar-refractivity contribution in [2.24, 2.45) is 0 Å². The molecule has 1 aromatic heterocycles. The summed E-state index contributed by atoms with van der Waals surface area (Å²) >= 11 is 5.89. The molecule has 0 aliphatic carbocycles. The largest absolute Gasteiger partial charge is 0.494 e. The van der Waals surface area contributed by atoms with Crippen molar-refractivity contribution in [2.45, 2.75) is 19.9 Å². The van der Waals surface area contributed by atoms with Crippen LogP contribution in [0, 0.1) is 18.3 Å². The maximum atomic E-state index is 13.1. The number of aromatic hydroxyl groups is 1. The molecule has 8 heteroatoms. The third-order valence-corrected chi connectivity index (χ3v) is 5.46. The van der Waals surface area contributed by atoms with E-state index in [2.05, 4.69) is 0 Å². The molecule has 0 radical (unpaired) electrons. The van der Waals surface area contributed by atoms with E-state index >= 15 is 0 Å². The first-order valence-corrected chi connectivity index (χ1v) is 10.1. The number of nitrogens with zero attached hydrogens (tertiary/aromatic N) is 2. The fourth-order valence-corrected chi connectivity index (χ4v) is 3.58. The molecule has 3 aromatic rings. The van der Waals surface area contributed by atoms with Gasteiger partial charge in [0.25, 0.3) is 5.56 Å². The molecule has 1 N–H and O–H groups in total. The van der Waals surface area contributed by atoms with Gasteiger partial charge in [-0.25, -0.2) is 0 Å². The molecule has 0 bridgehead atoms. The summed E-state index contributed by atoms with van der Waals surface area (Å²) in [6, 6.07) is 13.3. The topological polar surface area (TPSA) is 102 Å². The Morgan fingerprint density at radius 2 is 1.78 bits per heavy atom. The standard InChI is InChI=1S/C24H21ClN2O5/c1-14-18(13-26)23(29)27(11-10-15-4-9-19(31-2)20(12-15)32-3)24(30)21(14)22(28)16-5-7-17(25)8-6-16/h4-9,12,30H,10-11H2,1-3H3. The van der Waals surface area contributed by atoms with Crippen molar-refractivity contribution in [3.05, 3.63) is 85.7 Å². The average molecular weight is 453 g/mol. The van der Waals surface area contributed by atoms with Crippen LogP contribution in [0.4, 0.5) is 0 Å². The Bertz CT molecular complexity index is 1270. The van der Waals surface area contributed by atoms with Crippen molar-refractivity contribution in [3.8, 4) is 23.4 Å². The monoisotopic (exact) mass is 452 g/mol. The summed E-state index contributed by atoms with van der Waals surface area (Å²) < 4.78 is 11.6. The number of aromatic nitrogens is 1. The molecule has 0 spiro atoms. The Labute approximate surface area is 190 Å². The zero-order valence-electron chi connectivity index (χ0n) is 17.8. The first kappa shape index (κ1) is 22.9. The highest BCUT2D eigenvalue weighted by Gasteiger charge is 2.25. The molecule has 3 rings (SSSR count). The lowest BCUT2D eigenvalue weighted by molar-refractivity contribution is 0.103. The second kappa shape index (κ2) is 9.58. The highest BCUT2D eigenvalue weighted by atomic mass is 35.5. The van der Waals surface area contributed by atoms with Gasteiger partial charge in [0.2, 0.25) is 5.88 Å². The number of carbonyl (C=O) groups is 1. The molecular formula is C24H21ClN2O5. The number of ether oxygens (including phenoxy) is 2. The minimum atomic E-state index is -0.657. The summed E-state index contributed by atoms with van der Waals surface area (Å²) in [5, 5.41) is 20.9. The van der Waals surface area contributed by atoms with Crippen LogP contribution in [0.25, 0.3) is 0 Å². The summed E-state index contributed by atoms with van der Waals surface area (Å²) in [4.78, 5) is 26.0. The van der Waals surface area contributed by atoms with Crippen molar-refractivity contribution in [2.75, 3.05) is 14.2 Å². The van der Waals surface area contributed by atoms with E-state index < -0.39 is 17.2 Å². The minimum Gasteiger partial charge on any atom is -0.494 e. The quantitative estimate of drug-likeness (QED) is 0.546. The van der Waals surface area contributed by atoms with E-state index in [9.17, 15) is 20.0 Å². The van der Waals surface area contributed by atoms with Gasteiger partial charge in [0.05, 0.1) is 19.8 Å². The number of aryl methyl sites for hydroxylation is 1. The number of ketones is 1. The van der Waals surface area contributed by atoms with Gasteiger partial charge in [-0.15, -0.1) is 0 Å². The van der Waals surface area contributed by atoms with E-state index in [-0.39, 0.29) is 28.8 Å². The van der Waals surface area contributed by atoms with Crippen LogP contribution in [0.15, 0.2) is 47.3 Å². The van der Waals surface area contributed by atoms with Gasteiger partial charge in [0.1, 0.15) is 11.6 Å². The lowest BCUT2D eigenvalue weighted by Crippen LogP contribution is -2.27. The van der Waals surface area contributed by atoms with Crippen LogP contribution in [0.1, 0.15) is 32.6 Å². The van der Waals surface area contributed by atoms with E-state index in [1.54, 1.807) is 24.3 Å². The van der Waals surface area contributed by atoms with Crippen molar-refractivity contribution in [1.29, 1.82) is 5.26 Å². The minimum absolute atomic E-state index is 0.0516. The van der Waals surface area contributed by atoms with Crippen LogP contribution in [0.2, 0.25) is 5.02 Å². The predicted molar refractivity (Wildman–Crippen MR) is 120 cm³/mol. The molecule has 32 heavy (non-hydrogen) atoms. The summed E-state index contributed by atoms with van der Waals surface area (Å²) in [7, 11) is 3.05. The molecule has 0 aliphatic heterocycles. The van der Waals surface area contributed by atoms with Gasteiger partial charge >= 0.3 is 0 Å². The maximum absolute atomic E-state index is 13.1. The van der Waals surface area contributed by atoms with Gasteiger partial charge in [0.15, 0.2) is 17.3 Å². The van der Waals surface area contributed by atoms with Gasteiger partial charge in [-0.05, 0) is 60.9 Å². The molecule has 0 saturated heterocycles. The molecule has 0 saturated carbocycles. The molecule has 2 aromatic carbocycles. The molecule has 0 amide bonds. The number of rotatable bonds is 7. The van der Waals surface area contributed by atoms with Crippen molar-refractivity contribution in [1.82, 2.24) is 4.57 Å². The molecule has 0 atom stereocenters. The fourth-order valence-electron chi connectivity index (χ4n) is 3.45. The Morgan fingerprint density at radius 1 is 1.12 bits per heavy atom. The van der Waals surface area contributed by atoms with Crippen LogP contribution in [0.3, 0.4) is 0 Å². The molecule has 0 fully saturated rings. The van der Waals surface area contributed by atoms with Crippen LogP contribution in [0.5, 0.6) is 17.4 Å². The van der Waals surface area contributed by atoms with Gasteiger partial charge in [0, 0.05) is 17.1 Å². The number of hydrogen-bond acceptors (Lipinski definition) is 6. The first-order valence-electron chi connectivity index (χ1n) is 9.70. The highest BCUT2D eigenvalue weighted by Crippen LogP contribution is 2.29. The lowest BCUT2D eigenvalue weighted by Gasteiger charge is -2.16. The Kier molecular flexibility index (Phi) is 6.86. The summed E-state index contributed by atoms with van der Waals surface area (Å²) in [6.45, 7) is 1.53. The second-order valence-electron chi connectivity index (χ2n) is 7.04. The highest BCUT2D eigenvalue weighted by molar-refractivity contribution is 6.30. The number of hydrogen-bond donors (Lipinski definition) is 1. The Hall–Kier alpha value is -3.76. The number of nitriles is 1.